The Morgan fingerprint density at radius 2 is 2.18 bits per heavy atom. The van der Waals surface area contributed by atoms with Crippen LogP contribution in [0.2, 0.25) is 0 Å². The lowest BCUT2D eigenvalue weighted by molar-refractivity contribution is 0.688. The standard InChI is InChI=1S/C11H20N4OS/c1-17-7-5-3-2-4-6-13-10-9(12)11(16)15-8-14-10/h8H,2-7,12H2,1H3,(H2,13,14,15,16). The Labute approximate surface area is 106 Å². The SMILES string of the molecule is CSCCCCCCNc1nc[nH]c(=O)c1N. The second-order valence-corrected chi connectivity index (χ2v) is 4.81. The van der Waals surface area contributed by atoms with Crippen molar-refractivity contribution in [1.82, 2.24) is 9.97 Å². The van der Waals surface area contributed by atoms with Gasteiger partial charge in [-0.3, -0.25) is 4.79 Å². The number of H-pyrrole nitrogens is 1. The first-order valence-electron chi connectivity index (χ1n) is 5.81. The van der Waals surface area contributed by atoms with Crippen LogP contribution in [0.1, 0.15) is 25.7 Å². The number of unbranched alkanes of at least 4 members (excludes halogenated alkanes) is 3. The monoisotopic (exact) mass is 256 g/mol. The van der Waals surface area contributed by atoms with Crippen LogP contribution in [0.4, 0.5) is 11.5 Å². The highest BCUT2D eigenvalue weighted by Crippen LogP contribution is 2.08. The molecule has 0 atom stereocenters. The number of aromatic nitrogens is 2. The molecule has 0 aliphatic rings. The van der Waals surface area contributed by atoms with Gasteiger partial charge in [0.1, 0.15) is 5.69 Å². The van der Waals surface area contributed by atoms with Crippen molar-refractivity contribution < 1.29 is 0 Å². The molecule has 0 amide bonds. The number of anilines is 2. The molecule has 4 N–H and O–H groups in total. The van der Waals surface area contributed by atoms with E-state index in [4.69, 9.17) is 5.73 Å². The Morgan fingerprint density at radius 3 is 2.94 bits per heavy atom. The fraction of sp³-hybridized carbons (Fsp3) is 0.636. The zero-order valence-electron chi connectivity index (χ0n) is 10.2. The van der Waals surface area contributed by atoms with E-state index < -0.39 is 0 Å². The molecule has 0 spiro atoms. The first-order valence-corrected chi connectivity index (χ1v) is 7.21. The van der Waals surface area contributed by atoms with Crippen LogP contribution < -0.4 is 16.6 Å². The largest absolute Gasteiger partial charge is 0.391 e. The van der Waals surface area contributed by atoms with E-state index in [0.717, 1.165) is 13.0 Å². The lowest BCUT2D eigenvalue weighted by Crippen LogP contribution is -2.16. The number of nitrogens with two attached hydrogens (primary N) is 1. The minimum atomic E-state index is -0.289. The summed E-state index contributed by atoms with van der Waals surface area (Å²) in [7, 11) is 0. The van der Waals surface area contributed by atoms with Crippen molar-refractivity contribution in [3.63, 3.8) is 0 Å². The van der Waals surface area contributed by atoms with Crippen molar-refractivity contribution in [2.24, 2.45) is 0 Å². The molecule has 6 heteroatoms. The summed E-state index contributed by atoms with van der Waals surface area (Å²) in [5, 5.41) is 3.08. The average Bonchev–Trinajstić information content (AvgIpc) is 2.33. The van der Waals surface area contributed by atoms with E-state index in [2.05, 4.69) is 21.5 Å². The summed E-state index contributed by atoms with van der Waals surface area (Å²) in [6, 6.07) is 0. The van der Waals surface area contributed by atoms with E-state index >= 15 is 0 Å². The minimum absolute atomic E-state index is 0.162. The quantitative estimate of drug-likeness (QED) is 0.616. The van der Waals surface area contributed by atoms with Gasteiger partial charge in [0.15, 0.2) is 5.82 Å². The molecule has 5 nitrogen and oxygen atoms in total. The predicted octanol–water partition coefficient (Wildman–Crippen LogP) is 1.69. The fourth-order valence-electron chi connectivity index (χ4n) is 1.48. The van der Waals surface area contributed by atoms with E-state index in [1.807, 2.05) is 11.8 Å². The minimum Gasteiger partial charge on any atom is -0.391 e. The molecule has 0 aliphatic carbocycles. The Morgan fingerprint density at radius 1 is 1.41 bits per heavy atom. The molecular formula is C11H20N4OS. The summed E-state index contributed by atoms with van der Waals surface area (Å²) < 4.78 is 0. The van der Waals surface area contributed by atoms with Crippen molar-refractivity contribution in [3.8, 4) is 0 Å². The number of aromatic amines is 1. The summed E-state index contributed by atoms with van der Waals surface area (Å²) >= 11 is 1.89. The molecule has 0 unspecified atom stereocenters. The van der Waals surface area contributed by atoms with E-state index in [0.29, 0.717) is 5.82 Å². The second-order valence-electron chi connectivity index (χ2n) is 3.83. The Bertz CT molecular complexity index is 380. The highest BCUT2D eigenvalue weighted by molar-refractivity contribution is 7.98. The Kier molecular flexibility index (Phi) is 6.54. The Balaban J connectivity index is 2.18. The van der Waals surface area contributed by atoms with Crippen LogP contribution in [0.25, 0.3) is 0 Å². The van der Waals surface area contributed by atoms with Crippen LogP contribution in [0.3, 0.4) is 0 Å². The van der Waals surface area contributed by atoms with Crippen molar-refractivity contribution in [3.05, 3.63) is 16.7 Å². The zero-order chi connectivity index (χ0) is 12.5. The number of nitrogen functional groups attached to an aromatic ring is 1. The molecule has 0 bridgehead atoms. The molecule has 0 aromatic carbocycles. The van der Waals surface area contributed by atoms with Gasteiger partial charge in [-0.1, -0.05) is 12.8 Å². The molecular weight excluding hydrogens is 236 g/mol. The van der Waals surface area contributed by atoms with Crippen molar-refractivity contribution in [1.29, 1.82) is 0 Å². The first-order chi connectivity index (χ1) is 8.25. The van der Waals surface area contributed by atoms with E-state index in [1.54, 1.807) is 0 Å². The molecule has 0 radical (unpaired) electrons. The van der Waals surface area contributed by atoms with Crippen LogP contribution in [0.5, 0.6) is 0 Å². The van der Waals surface area contributed by atoms with Gasteiger partial charge in [0, 0.05) is 6.54 Å². The lowest BCUT2D eigenvalue weighted by atomic mass is 10.2. The van der Waals surface area contributed by atoms with Gasteiger partial charge in [0.05, 0.1) is 6.33 Å². The molecule has 0 saturated heterocycles. The molecule has 96 valence electrons. The third-order valence-corrected chi connectivity index (χ3v) is 3.15. The molecule has 1 heterocycles. The molecule has 1 aromatic rings. The number of thioether (sulfide) groups is 1. The van der Waals surface area contributed by atoms with Gasteiger partial charge in [0.25, 0.3) is 5.56 Å². The molecule has 1 rings (SSSR count). The molecule has 0 fully saturated rings. The predicted molar refractivity (Wildman–Crippen MR) is 74.6 cm³/mol. The van der Waals surface area contributed by atoms with Gasteiger partial charge in [-0.05, 0) is 24.9 Å². The van der Waals surface area contributed by atoms with E-state index in [-0.39, 0.29) is 11.2 Å². The van der Waals surface area contributed by atoms with Crippen molar-refractivity contribution in [2.45, 2.75) is 25.7 Å². The third-order valence-electron chi connectivity index (χ3n) is 2.46. The lowest BCUT2D eigenvalue weighted by Gasteiger charge is -2.06. The maximum absolute atomic E-state index is 11.2. The van der Waals surface area contributed by atoms with E-state index in [1.165, 1.54) is 31.3 Å². The highest BCUT2D eigenvalue weighted by atomic mass is 32.2. The van der Waals surface area contributed by atoms with Crippen LogP contribution in [0.15, 0.2) is 11.1 Å². The van der Waals surface area contributed by atoms with E-state index in [9.17, 15) is 4.79 Å². The topological polar surface area (TPSA) is 83.8 Å². The third kappa shape index (κ3) is 5.12. The number of nitrogens with zero attached hydrogens (tertiary/aromatic N) is 1. The fourth-order valence-corrected chi connectivity index (χ4v) is 1.98. The van der Waals surface area contributed by atoms with Gasteiger partial charge in [-0.2, -0.15) is 11.8 Å². The Hall–Kier alpha value is -1.17. The van der Waals surface area contributed by atoms with Crippen molar-refractivity contribution >= 4 is 23.3 Å². The first kappa shape index (κ1) is 13.9. The summed E-state index contributed by atoms with van der Waals surface area (Å²) in [5.41, 5.74) is 5.46. The van der Waals surface area contributed by atoms with Crippen LogP contribution in [0, 0.1) is 0 Å². The van der Waals surface area contributed by atoms with Crippen molar-refractivity contribution in [2.75, 3.05) is 29.6 Å². The summed E-state index contributed by atoms with van der Waals surface area (Å²) in [4.78, 5) is 17.6. The molecule has 1 aromatic heterocycles. The average molecular weight is 256 g/mol. The summed E-state index contributed by atoms with van der Waals surface area (Å²) in [6.07, 6.45) is 8.27. The highest BCUT2D eigenvalue weighted by Gasteiger charge is 2.02. The molecule has 17 heavy (non-hydrogen) atoms. The van der Waals surface area contributed by atoms with Crippen LogP contribution in [-0.4, -0.2) is 28.5 Å². The molecule has 0 saturated carbocycles. The zero-order valence-corrected chi connectivity index (χ0v) is 11.0. The number of nitrogens with one attached hydrogen (secondary N) is 2. The molecule has 0 aliphatic heterocycles. The van der Waals surface area contributed by atoms with Gasteiger partial charge in [-0.15, -0.1) is 0 Å². The maximum Gasteiger partial charge on any atom is 0.276 e. The smallest absolute Gasteiger partial charge is 0.276 e. The summed E-state index contributed by atoms with van der Waals surface area (Å²) in [5.74, 6) is 1.72. The van der Waals surface area contributed by atoms with Gasteiger partial charge >= 0.3 is 0 Å². The van der Waals surface area contributed by atoms with Crippen LogP contribution >= 0.6 is 11.8 Å². The summed E-state index contributed by atoms with van der Waals surface area (Å²) in [6.45, 7) is 0.805. The number of hydrogen-bond donors (Lipinski definition) is 3. The normalized spacial score (nSPS) is 10.4. The van der Waals surface area contributed by atoms with Gasteiger partial charge in [0.2, 0.25) is 0 Å². The second kappa shape index (κ2) is 8.00. The maximum atomic E-state index is 11.2. The number of rotatable bonds is 8. The van der Waals surface area contributed by atoms with Gasteiger partial charge in [-0.25, -0.2) is 4.98 Å². The van der Waals surface area contributed by atoms with Crippen LogP contribution in [-0.2, 0) is 0 Å². The number of hydrogen-bond acceptors (Lipinski definition) is 5. The van der Waals surface area contributed by atoms with Gasteiger partial charge < -0.3 is 16.0 Å².